The number of aliphatic hydroxyl groups excluding tert-OH is 2. The summed E-state index contributed by atoms with van der Waals surface area (Å²) >= 11 is 0. The van der Waals surface area contributed by atoms with Gasteiger partial charge in [0.2, 0.25) is 5.91 Å². The molecule has 0 radical (unpaired) electrons. The van der Waals surface area contributed by atoms with Crippen molar-refractivity contribution in [2.75, 3.05) is 6.61 Å². The molecule has 0 aromatic carbocycles. The summed E-state index contributed by atoms with van der Waals surface area (Å²) < 4.78 is 5.84. The van der Waals surface area contributed by atoms with Crippen LogP contribution in [0.3, 0.4) is 0 Å². The monoisotopic (exact) mass is 954 g/mol. The number of esters is 1. The van der Waals surface area contributed by atoms with Gasteiger partial charge in [-0.3, -0.25) is 9.59 Å². The maximum Gasteiger partial charge on any atom is 0.306 e. The van der Waals surface area contributed by atoms with E-state index in [1.807, 2.05) is 18.2 Å². The third-order valence-electron chi connectivity index (χ3n) is 11.7. The lowest BCUT2D eigenvalue weighted by molar-refractivity contribution is -0.150. The molecule has 0 rings (SSSR count). The van der Waals surface area contributed by atoms with Crippen molar-refractivity contribution in [2.45, 2.75) is 244 Å². The van der Waals surface area contributed by atoms with Crippen molar-refractivity contribution in [3.63, 3.8) is 0 Å². The molecule has 0 aliphatic carbocycles. The number of hydrogen-bond acceptors (Lipinski definition) is 5. The molecule has 6 nitrogen and oxygen atoms in total. The lowest BCUT2D eigenvalue weighted by Crippen LogP contribution is -2.46. The van der Waals surface area contributed by atoms with Gasteiger partial charge in [0.15, 0.2) is 0 Å². The molecule has 0 spiro atoms. The number of carbonyl (C=O) groups is 2. The number of amides is 1. The Hall–Kier alpha value is -4.00. The summed E-state index contributed by atoms with van der Waals surface area (Å²) in [6, 6.07) is -0.757. The van der Waals surface area contributed by atoms with Crippen molar-refractivity contribution in [1.82, 2.24) is 5.32 Å². The third kappa shape index (κ3) is 50.2. The lowest BCUT2D eigenvalue weighted by atomic mass is 10.0. The van der Waals surface area contributed by atoms with E-state index in [2.05, 4.69) is 142 Å². The van der Waals surface area contributed by atoms with Crippen LogP contribution in [0.15, 0.2) is 134 Å². The van der Waals surface area contributed by atoms with E-state index in [0.717, 1.165) is 89.9 Å². The highest BCUT2D eigenvalue weighted by atomic mass is 16.5. The van der Waals surface area contributed by atoms with Gasteiger partial charge < -0.3 is 20.3 Å². The zero-order valence-corrected chi connectivity index (χ0v) is 44.4. The molecule has 390 valence electrons. The zero-order chi connectivity index (χ0) is 50.2. The van der Waals surface area contributed by atoms with Gasteiger partial charge in [-0.2, -0.15) is 0 Å². The van der Waals surface area contributed by atoms with Crippen molar-refractivity contribution in [3.05, 3.63) is 134 Å². The Bertz CT molecular complexity index is 1490. The predicted molar refractivity (Wildman–Crippen MR) is 300 cm³/mol. The molecule has 0 aromatic heterocycles. The van der Waals surface area contributed by atoms with E-state index in [-0.39, 0.29) is 31.3 Å². The van der Waals surface area contributed by atoms with Crippen LogP contribution in [0, 0.1) is 0 Å². The molecule has 69 heavy (non-hydrogen) atoms. The highest BCUT2D eigenvalue weighted by molar-refractivity contribution is 5.77. The topological polar surface area (TPSA) is 95.9 Å². The van der Waals surface area contributed by atoms with Gasteiger partial charge >= 0.3 is 5.97 Å². The number of carbonyl (C=O) groups excluding carboxylic acids is 2. The Kier molecular flexibility index (Phi) is 51.7. The van der Waals surface area contributed by atoms with Crippen molar-refractivity contribution >= 4 is 11.9 Å². The predicted octanol–water partition coefficient (Wildman–Crippen LogP) is 17.4. The molecule has 0 heterocycles. The van der Waals surface area contributed by atoms with E-state index < -0.39 is 18.2 Å². The van der Waals surface area contributed by atoms with E-state index in [4.69, 9.17) is 4.74 Å². The first-order chi connectivity index (χ1) is 34.0. The van der Waals surface area contributed by atoms with E-state index in [1.165, 1.54) is 83.5 Å². The van der Waals surface area contributed by atoms with Gasteiger partial charge in [0.1, 0.15) is 6.10 Å². The second-order valence-electron chi connectivity index (χ2n) is 18.2. The highest BCUT2D eigenvalue weighted by Crippen LogP contribution is 2.16. The van der Waals surface area contributed by atoms with Gasteiger partial charge in [-0.25, -0.2) is 0 Å². The van der Waals surface area contributed by atoms with Crippen molar-refractivity contribution in [2.24, 2.45) is 0 Å². The average Bonchev–Trinajstić information content (AvgIpc) is 3.34. The quantitative estimate of drug-likeness (QED) is 0.0321. The first kappa shape index (κ1) is 65.0. The molecule has 0 aromatic rings. The first-order valence-electron chi connectivity index (χ1n) is 27.9. The maximum absolute atomic E-state index is 13.2. The van der Waals surface area contributed by atoms with Gasteiger partial charge in [0, 0.05) is 12.8 Å². The number of nitrogens with one attached hydrogen (secondary N) is 1. The van der Waals surface area contributed by atoms with Crippen molar-refractivity contribution < 1.29 is 24.5 Å². The van der Waals surface area contributed by atoms with Crippen LogP contribution in [0.1, 0.15) is 226 Å². The average molecular weight is 955 g/mol. The molecule has 0 saturated carbocycles. The third-order valence-corrected chi connectivity index (χ3v) is 11.7. The minimum atomic E-state index is -0.834. The molecular weight excluding hydrogens is 851 g/mol. The van der Waals surface area contributed by atoms with E-state index in [1.54, 1.807) is 0 Å². The molecule has 3 unspecified atom stereocenters. The Morgan fingerprint density at radius 2 is 0.783 bits per heavy atom. The maximum atomic E-state index is 13.2. The lowest BCUT2D eigenvalue weighted by Gasteiger charge is -2.24. The van der Waals surface area contributed by atoms with E-state index >= 15 is 0 Å². The Labute approximate surface area is 424 Å². The second kappa shape index (κ2) is 54.9. The van der Waals surface area contributed by atoms with Crippen molar-refractivity contribution in [3.8, 4) is 0 Å². The number of ether oxygens (including phenoxy) is 1. The fraction of sp³-hybridized carbons (Fsp3) is 0.619. The minimum absolute atomic E-state index is 0.0395. The molecule has 6 heteroatoms. The molecule has 3 atom stereocenters. The molecule has 3 N–H and O–H groups in total. The number of allylic oxidation sites excluding steroid dienone is 21. The van der Waals surface area contributed by atoms with Gasteiger partial charge in [-0.05, 0) is 83.5 Å². The van der Waals surface area contributed by atoms with Gasteiger partial charge in [0.05, 0.1) is 25.2 Å². The number of hydrogen-bond donors (Lipinski definition) is 3. The van der Waals surface area contributed by atoms with Crippen molar-refractivity contribution in [1.29, 1.82) is 0 Å². The van der Waals surface area contributed by atoms with Crippen LogP contribution in [0.5, 0.6) is 0 Å². The molecule has 0 fully saturated rings. The second-order valence-corrected chi connectivity index (χ2v) is 18.2. The summed E-state index contributed by atoms with van der Waals surface area (Å²) in [4.78, 5) is 26.2. The highest BCUT2D eigenvalue weighted by Gasteiger charge is 2.23. The number of aliphatic hydroxyl groups is 2. The summed E-state index contributed by atoms with van der Waals surface area (Å²) in [7, 11) is 0. The SMILES string of the molecule is CC/C=C\C/C=C\C/C=C\C/C=C\C/C=C\C/C=C\CCC(=O)OC(C/C=C\C/C=C\C/C=C\C/C=C\C/C=C\CC)CC(=O)NC(CO)C(O)CCCCCCCCCCCCCCCCCC. The van der Waals surface area contributed by atoms with Gasteiger partial charge in [0.25, 0.3) is 0 Å². The van der Waals surface area contributed by atoms with Crippen LogP contribution >= 0.6 is 0 Å². The summed E-state index contributed by atoms with van der Waals surface area (Å²) in [6.07, 6.45) is 78.3. The smallest absolute Gasteiger partial charge is 0.306 e. The zero-order valence-electron chi connectivity index (χ0n) is 44.4. The molecule has 0 bridgehead atoms. The molecule has 1 amide bonds. The Balaban J connectivity index is 4.81. The van der Waals surface area contributed by atoms with E-state index in [0.29, 0.717) is 19.3 Å². The summed E-state index contributed by atoms with van der Waals surface area (Å²) in [5.41, 5.74) is 0. The molecule has 0 aliphatic rings. The summed E-state index contributed by atoms with van der Waals surface area (Å²) in [6.45, 7) is 6.21. The summed E-state index contributed by atoms with van der Waals surface area (Å²) in [5.74, 6) is -0.691. The normalized spacial score (nSPS) is 14.2. The fourth-order valence-electron chi connectivity index (χ4n) is 7.60. The Morgan fingerprint density at radius 1 is 0.449 bits per heavy atom. The van der Waals surface area contributed by atoms with Crippen LogP contribution in [-0.2, 0) is 14.3 Å². The standard InChI is InChI=1S/C63H103NO5/c1-4-7-10-13-16-19-22-25-28-30-31-32-35-38-41-44-47-50-53-56-63(68)69-59(54-51-48-45-42-39-36-33-27-24-21-18-15-12-9-6-3)57-62(67)64-60(58-65)61(66)55-52-49-46-43-40-37-34-29-26-23-20-17-14-11-8-5-2/h7,9-10,12,16,18-19,21,25,27-28,31-33,38-39,41-42,47-48,50-51,59-61,65-66H,4-6,8,11,13-15,17,20,22-24,26,29-30,34-37,40,43-46,49,52-58H2,1-3H3,(H,64,67)/b10-7-,12-9-,19-16-,21-18-,28-25-,32-31-,33-27-,41-38-,42-39-,50-47-,51-48-. The van der Waals surface area contributed by atoms with Crippen LogP contribution in [0.25, 0.3) is 0 Å². The van der Waals surface area contributed by atoms with Crippen LogP contribution < -0.4 is 5.32 Å². The molecular formula is C63H103NO5. The van der Waals surface area contributed by atoms with Crippen LogP contribution in [0.2, 0.25) is 0 Å². The largest absolute Gasteiger partial charge is 0.461 e. The number of unbranched alkanes of at least 4 members (excludes halogenated alkanes) is 15. The van der Waals surface area contributed by atoms with Crippen LogP contribution in [0.4, 0.5) is 0 Å². The number of rotatable bonds is 48. The minimum Gasteiger partial charge on any atom is -0.461 e. The first-order valence-corrected chi connectivity index (χ1v) is 27.9. The fourth-order valence-corrected chi connectivity index (χ4v) is 7.60. The molecule has 0 saturated heterocycles. The van der Waals surface area contributed by atoms with E-state index in [9.17, 15) is 19.8 Å². The molecule has 0 aliphatic heterocycles. The van der Waals surface area contributed by atoms with Gasteiger partial charge in [-0.15, -0.1) is 0 Å². The van der Waals surface area contributed by atoms with Gasteiger partial charge in [-0.1, -0.05) is 257 Å². The van der Waals surface area contributed by atoms with Crippen LogP contribution in [-0.4, -0.2) is 46.9 Å². The Morgan fingerprint density at radius 3 is 1.14 bits per heavy atom. The summed E-state index contributed by atoms with van der Waals surface area (Å²) in [5, 5.41) is 23.8.